The highest BCUT2D eigenvalue weighted by Gasteiger charge is 2.25. The van der Waals surface area contributed by atoms with Gasteiger partial charge in [0.05, 0.1) is 15.8 Å². The Hall–Kier alpha value is -3.91. The lowest BCUT2D eigenvalue weighted by molar-refractivity contribution is 0.214. The van der Waals surface area contributed by atoms with Crippen molar-refractivity contribution in [3.63, 3.8) is 0 Å². The molecule has 1 aliphatic rings. The molecule has 1 N–H and O–H groups in total. The summed E-state index contributed by atoms with van der Waals surface area (Å²) in [6, 6.07) is 10.7. The van der Waals surface area contributed by atoms with Gasteiger partial charge in [-0.05, 0) is 48.2 Å². The number of aromatic amines is 1. The van der Waals surface area contributed by atoms with Crippen molar-refractivity contribution in [3.8, 4) is 22.7 Å². The number of nitrogens with zero attached hydrogens (tertiary/aromatic N) is 3. The van der Waals surface area contributed by atoms with E-state index in [1.807, 2.05) is 23.6 Å². The number of benzene rings is 1. The first-order chi connectivity index (χ1) is 17.0. The van der Waals surface area contributed by atoms with Gasteiger partial charge in [0.2, 0.25) is 0 Å². The van der Waals surface area contributed by atoms with E-state index in [-0.39, 0.29) is 0 Å². The van der Waals surface area contributed by atoms with E-state index in [4.69, 9.17) is 4.74 Å². The third-order valence-corrected chi connectivity index (χ3v) is 6.98. The molecule has 4 aromatic rings. The van der Waals surface area contributed by atoms with E-state index in [0.717, 1.165) is 59.1 Å². The van der Waals surface area contributed by atoms with Crippen LogP contribution in [-0.4, -0.2) is 32.5 Å². The van der Waals surface area contributed by atoms with Crippen LogP contribution in [0.5, 0.6) is 5.75 Å². The van der Waals surface area contributed by atoms with E-state index in [9.17, 15) is 9.59 Å². The summed E-state index contributed by atoms with van der Waals surface area (Å²) in [6.45, 7) is 10.4. The highest BCUT2D eigenvalue weighted by Crippen LogP contribution is 2.46. The highest BCUT2D eigenvalue weighted by atomic mass is 32.1. The van der Waals surface area contributed by atoms with E-state index in [0.29, 0.717) is 16.7 Å². The van der Waals surface area contributed by atoms with Crippen LogP contribution in [0, 0.1) is 0 Å². The third-order valence-electron chi connectivity index (χ3n) is 5.94. The molecule has 7 nitrogen and oxygen atoms in total. The quantitative estimate of drug-likeness (QED) is 0.390. The number of H-pyrrole nitrogens is 1. The molecule has 0 saturated heterocycles. The van der Waals surface area contributed by atoms with Crippen molar-refractivity contribution in [2.45, 2.75) is 26.7 Å². The number of hydrogen-bond acceptors (Lipinski definition) is 6. The van der Waals surface area contributed by atoms with Gasteiger partial charge in [-0.25, -0.2) is 14.3 Å². The number of nitrogens with one attached hydrogen (secondary N) is 1. The Bertz CT molecular complexity index is 1570. The predicted molar refractivity (Wildman–Crippen MR) is 141 cm³/mol. The Balaban J connectivity index is 1.59. The summed E-state index contributed by atoms with van der Waals surface area (Å²) < 4.78 is 7.88. The summed E-state index contributed by atoms with van der Waals surface area (Å²) in [5, 5.41) is 2.47. The molecule has 5 rings (SSSR count). The van der Waals surface area contributed by atoms with Gasteiger partial charge in [0.1, 0.15) is 5.82 Å². The zero-order valence-corrected chi connectivity index (χ0v) is 20.5. The van der Waals surface area contributed by atoms with Crippen LogP contribution in [0.25, 0.3) is 33.4 Å². The maximum absolute atomic E-state index is 12.8. The van der Waals surface area contributed by atoms with Crippen LogP contribution in [0.2, 0.25) is 0 Å². The Morgan fingerprint density at radius 2 is 1.91 bits per heavy atom. The summed E-state index contributed by atoms with van der Waals surface area (Å²) in [4.78, 5) is 35.2. The van der Waals surface area contributed by atoms with Gasteiger partial charge >= 0.3 is 5.69 Å². The van der Waals surface area contributed by atoms with Gasteiger partial charge in [0.25, 0.3) is 5.56 Å². The monoisotopic (exact) mass is 486 g/mol. The average molecular weight is 487 g/mol. The summed E-state index contributed by atoms with van der Waals surface area (Å²) in [6.07, 6.45) is 5.71. The smallest absolute Gasteiger partial charge is 0.334 e. The predicted octanol–water partition coefficient (Wildman–Crippen LogP) is 5.17. The summed E-state index contributed by atoms with van der Waals surface area (Å²) in [5.41, 5.74) is 2.25. The molecule has 0 spiro atoms. The molecule has 0 bridgehead atoms. The average Bonchev–Trinajstić information content (AvgIpc) is 3.29. The first-order valence-corrected chi connectivity index (χ1v) is 12.6. The van der Waals surface area contributed by atoms with Gasteiger partial charge in [0.15, 0.2) is 11.6 Å². The van der Waals surface area contributed by atoms with Crippen LogP contribution < -0.4 is 16.0 Å². The van der Waals surface area contributed by atoms with E-state index in [1.54, 1.807) is 41.8 Å². The van der Waals surface area contributed by atoms with Crippen molar-refractivity contribution in [2.24, 2.45) is 0 Å². The molecule has 0 aliphatic carbocycles. The number of ether oxygens (including phenoxy) is 1. The Kier molecular flexibility index (Phi) is 6.13. The molecule has 4 heterocycles. The second kappa shape index (κ2) is 9.38. The lowest BCUT2D eigenvalue weighted by Gasteiger charge is -2.29. The molecule has 1 aromatic carbocycles. The minimum Gasteiger partial charge on any atom is -0.439 e. The summed E-state index contributed by atoms with van der Waals surface area (Å²) in [7, 11) is 0. The zero-order chi connectivity index (χ0) is 24.5. The molecule has 1 aliphatic heterocycles. The lowest BCUT2D eigenvalue weighted by atomic mass is 10.1. The molecular weight excluding hydrogens is 460 g/mol. The van der Waals surface area contributed by atoms with Crippen molar-refractivity contribution in [2.75, 3.05) is 13.1 Å². The lowest BCUT2D eigenvalue weighted by Crippen LogP contribution is -2.29. The SMILES string of the molecule is C=C1C=C(N(CCC)CCC)Oc2c(-c3ccnc(-n4c(=O)[nH]c(=O)c5ccccc54)c3)csc21. The van der Waals surface area contributed by atoms with E-state index >= 15 is 0 Å². The minimum absolute atomic E-state index is 0.417. The minimum atomic E-state index is -0.532. The van der Waals surface area contributed by atoms with Crippen LogP contribution in [-0.2, 0) is 0 Å². The van der Waals surface area contributed by atoms with Crippen LogP contribution in [0.15, 0.2) is 76.1 Å². The third kappa shape index (κ3) is 4.10. The fourth-order valence-electron chi connectivity index (χ4n) is 4.37. The second-order valence-electron chi connectivity index (χ2n) is 8.42. The Morgan fingerprint density at radius 1 is 1.14 bits per heavy atom. The fourth-order valence-corrected chi connectivity index (χ4v) is 5.32. The fraction of sp³-hybridized carbons (Fsp3) is 0.222. The van der Waals surface area contributed by atoms with Gasteiger partial charge in [0, 0.05) is 36.3 Å². The number of hydrogen-bond donors (Lipinski definition) is 1. The number of fused-ring (bicyclic) bond motifs is 2. The Morgan fingerprint density at radius 3 is 2.69 bits per heavy atom. The molecule has 0 saturated carbocycles. The van der Waals surface area contributed by atoms with Crippen LogP contribution in [0.4, 0.5) is 0 Å². The first-order valence-electron chi connectivity index (χ1n) is 11.7. The standard InChI is InChI=1S/C27H26N4O3S/c1-4-12-30(13-5-2)23-14-17(3)25-24(34-23)20(16-35-25)18-10-11-28-22(15-18)31-21-9-7-6-8-19(21)26(32)29-27(31)33/h6-11,14-16H,3-5,12-13H2,1-2H3,(H,29,32,33). The maximum Gasteiger partial charge on any atom is 0.334 e. The summed E-state index contributed by atoms with van der Waals surface area (Å²) in [5.74, 6) is 2.00. The van der Waals surface area contributed by atoms with Gasteiger partial charge < -0.3 is 9.64 Å². The van der Waals surface area contributed by atoms with Crippen molar-refractivity contribution in [1.29, 1.82) is 0 Å². The number of para-hydroxylation sites is 1. The largest absolute Gasteiger partial charge is 0.439 e. The van der Waals surface area contributed by atoms with Gasteiger partial charge in [-0.15, -0.1) is 11.3 Å². The molecule has 0 radical (unpaired) electrons. The van der Waals surface area contributed by atoms with Crippen molar-refractivity contribution in [3.05, 3.63) is 92.2 Å². The Labute approximate surface area is 206 Å². The molecule has 8 heteroatoms. The van der Waals surface area contributed by atoms with Crippen molar-refractivity contribution in [1.82, 2.24) is 19.4 Å². The number of thiophene rings is 1. The number of rotatable bonds is 7. The van der Waals surface area contributed by atoms with Crippen molar-refractivity contribution < 1.29 is 4.74 Å². The molecule has 178 valence electrons. The molecule has 0 unspecified atom stereocenters. The van der Waals surface area contributed by atoms with Gasteiger partial charge in [-0.1, -0.05) is 32.6 Å². The number of allylic oxidation sites excluding steroid dienone is 2. The van der Waals surface area contributed by atoms with Crippen LogP contribution in [0.1, 0.15) is 31.6 Å². The normalized spacial score (nSPS) is 12.9. The zero-order valence-electron chi connectivity index (χ0n) is 19.7. The van der Waals surface area contributed by atoms with Crippen molar-refractivity contribution >= 4 is 27.8 Å². The topological polar surface area (TPSA) is 80.2 Å². The molecule has 0 atom stereocenters. The molecule has 0 fully saturated rings. The molecule has 3 aromatic heterocycles. The highest BCUT2D eigenvalue weighted by molar-refractivity contribution is 7.12. The van der Waals surface area contributed by atoms with E-state index in [2.05, 4.69) is 35.3 Å². The van der Waals surface area contributed by atoms with Gasteiger partial charge in [-0.2, -0.15) is 0 Å². The van der Waals surface area contributed by atoms with Crippen LogP contribution in [0.3, 0.4) is 0 Å². The van der Waals surface area contributed by atoms with E-state index in [1.165, 1.54) is 4.57 Å². The molecule has 0 amide bonds. The summed E-state index contributed by atoms with van der Waals surface area (Å²) >= 11 is 1.58. The maximum atomic E-state index is 12.8. The van der Waals surface area contributed by atoms with Crippen LogP contribution >= 0.6 is 11.3 Å². The molecular formula is C27H26N4O3S. The number of pyridine rings is 1. The number of aromatic nitrogens is 3. The van der Waals surface area contributed by atoms with E-state index < -0.39 is 11.2 Å². The first kappa shape index (κ1) is 22.9. The molecule has 35 heavy (non-hydrogen) atoms. The second-order valence-corrected chi connectivity index (χ2v) is 9.30. The van der Waals surface area contributed by atoms with Gasteiger partial charge in [-0.3, -0.25) is 9.78 Å².